The van der Waals surface area contributed by atoms with E-state index in [1.54, 1.807) is 0 Å². The van der Waals surface area contributed by atoms with Crippen LogP contribution in [0.25, 0.3) is 0 Å². The molecule has 2 aromatic rings. The first-order valence-electron chi connectivity index (χ1n) is 8.34. The highest BCUT2D eigenvalue weighted by Crippen LogP contribution is 2.30. The van der Waals surface area contributed by atoms with Crippen LogP contribution in [0, 0.1) is 0 Å². The maximum Gasteiger partial charge on any atom is 0.142 e. The molecule has 2 rings (SSSR count). The van der Waals surface area contributed by atoms with Crippen molar-refractivity contribution in [3.05, 3.63) is 59.7 Å². The Hall–Kier alpha value is -2.00. The molecule has 0 radical (unpaired) electrons. The third-order valence-corrected chi connectivity index (χ3v) is 3.71. The predicted molar refractivity (Wildman–Crippen MR) is 98.1 cm³/mol. The summed E-state index contributed by atoms with van der Waals surface area (Å²) in [4.78, 5) is 2.24. The van der Waals surface area contributed by atoms with Crippen LogP contribution >= 0.6 is 0 Å². The van der Waals surface area contributed by atoms with E-state index < -0.39 is 0 Å². The van der Waals surface area contributed by atoms with Gasteiger partial charge in [0, 0.05) is 26.2 Å². The van der Waals surface area contributed by atoms with E-state index in [0.717, 1.165) is 24.5 Å². The highest BCUT2D eigenvalue weighted by atomic mass is 16.5. The van der Waals surface area contributed by atoms with Gasteiger partial charge in [-0.15, -0.1) is 0 Å². The van der Waals surface area contributed by atoms with Crippen LogP contribution < -0.4 is 15.0 Å². The molecule has 124 valence electrons. The molecule has 0 amide bonds. The smallest absolute Gasteiger partial charge is 0.142 e. The topological polar surface area (TPSA) is 24.5 Å². The molecule has 0 aliphatic heterocycles. The summed E-state index contributed by atoms with van der Waals surface area (Å²) in [6, 6.07) is 17.5. The van der Waals surface area contributed by atoms with Crippen molar-refractivity contribution in [3.8, 4) is 5.75 Å². The maximum absolute atomic E-state index is 5.87. The number of nitrogens with one attached hydrogen (secondary N) is 1. The first kappa shape index (κ1) is 17.4. The molecule has 1 N–H and O–H groups in total. The number of ether oxygens (including phenoxy) is 1. The quantitative estimate of drug-likeness (QED) is 0.790. The van der Waals surface area contributed by atoms with Crippen LogP contribution in [-0.2, 0) is 13.1 Å². The van der Waals surface area contributed by atoms with Crippen molar-refractivity contribution in [1.82, 2.24) is 5.32 Å². The van der Waals surface area contributed by atoms with E-state index in [1.807, 2.05) is 13.0 Å². The van der Waals surface area contributed by atoms with Crippen LogP contribution in [0.15, 0.2) is 48.5 Å². The molecule has 0 atom stereocenters. The van der Waals surface area contributed by atoms with Gasteiger partial charge in [0.2, 0.25) is 0 Å². The first-order valence-corrected chi connectivity index (χ1v) is 8.34. The summed E-state index contributed by atoms with van der Waals surface area (Å²) in [6.45, 7) is 8.75. The lowest BCUT2D eigenvalue weighted by Crippen LogP contribution is -2.22. The number of anilines is 1. The Labute approximate surface area is 140 Å². The van der Waals surface area contributed by atoms with Gasteiger partial charge in [0.25, 0.3) is 0 Å². The van der Waals surface area contributed by atoms with Gasteiger partial charge in [-0.1, -0.05) is 50.2 Å². The summed E-state index contributed by atoms with van der Waals surface area (Å²) in [5.74, 6) is 0.953. The maximum atomic E-state index is 5.87. The molecule has 23 heavy (non-hydrogen) atoms. The largest absolute Gasteiger partial charge is 0.492 e. The molecule has 2 aromatic carbocycles. The Morgan fingerprint density at radius 3 is 2.43 bits per heavy atom. The lowest BCUT2D eigenvalue weighted by atomic mass is 10.1. The lowest BCUT2D eigenvalue weighted by Gasteiger charge is -2.23. The van der Waals surface area contributed by atoms with Crippen LogP contribution in [0.3, 0.4) is 0 Å². The molecule has 0 aliphatic rings. The fourth-order valence-corrected chi connectivity index (χ4v) is 2.52. The van der Waals surface area contributed by atoms with E-state index in [1.165, 1.54) is 11.1 Å². The molecular weight excluding hydrogens is 284 g/mol. The van der Waals surface area contributed by atoms with Gasteiger partial charge in [-0.05, 0) is 30.2 Å². The van der Waals surface area contributed by atoms with Gasteiger partial charge in [0.05, 0.1) is 12.3 Å². The molecule has 0 spiro atoms. The van der Waals surface area contributed by atoms with Gasteiger partial charge < -0.3 is 15.0 Å². The SMILES string of the molecule is CCOc1cc(CNC(C)C)ccc1N(C)Cc1ccccc1. The average molecular weight is 312 g/mol. The van der Waals surface area contributed by atoms with E-state index in [2.05, 4.69) is 73.6 Å². The van der Waals surface area contributed by atoms with Gasteiger partial charge in [-0.25, -0.2) is 0 Å². The minimum Gasteiger partial charge on any atom is -0.492 e. The third kappa shape index (κ3) is 5.29. The van der Waals surface area contributed by atoms with Crippen molar-refractivity contribution in [2.75, 3.05) is 18.6 Å². The zero-order chi connectivity index (χ0) is 16.7. The summed E-state index contributed by atoms with van der Waals surface area (Å²) in [5.41, 5.74) is 3.67. The zero-order valence-electron chi connectivity index (χ0n) is 14.7. The number of benzene rings is 2. The van der Waals surface area contributed by atoms with Crippen molar-refractivity contribution in [2.45, 2.75) is 39.9 Å². The van der Waals surface area contributed by atoms with Gasteiger partial charge in [-0.3, -0.25) is 0 Å². The van der Waals surface area contributed by atoms with Crippen LogP contribution in [0.4, 0.5) is 5.69 Å². The lowest BCUT2D eigenvalue weighted by molar-refractivity contribution is 0.340. The van der Waals surface area contributed by atoms with E-state index in [9.17, 15) is 0 Å². The fraction of sp³-hybridized carbons (Fsp3) is 0.400. The summed E-state index contributed by atoms with van der Waals surface area (Å²) >= 11 is 0. The summed E-state index contributed by atoms with van der Waals surface area (Å²) in [6.07, 6.45) is 0. The minimum absolute atomic E-state index is 0.478. The number of nitrogens with zero attached hydrogens (tertiary/aromatic N) is 1. The Balaban J connectivity index is 2.15. The molecule has 0 aliphatic carbocycles. The molecule has 0 aromatic heterocycles. The van der Waals surface area contributed by atoms with Crippen molar-refractivity contribution in [2.24, 2.45) is 0 Å². The Morgan fingerprint density at radius 1 is 1.04 bits per heavy atom. The van der Waals surface area contributed by atoms with Crippen LogP contribution in [-0.4, -0.2) is 19.7 Å². The minimum atomic E-state index is 0.478. The standard InChI is InChI=1S/C20H28N2O/c1-5-23-20-13-18(14-21-16(2)3)11-12-19(20)22(4)15-17-9-7-6-8-10-17/h6-13,16,21H,5,14-15H2,1-4H3. The second-order valence-electron chi connectivity index (χ2n) is 6.11. The Bertz CT molecular complexity index is 596. The summed E-state index contributed by atoms with van der Waals surface area (Å²) in [5, 5.41) is 3.45. The molecule has 0 bridgehead atoms. The van der Waals surface area contributed by atoms with Crippen molar-refractivity contribution < 1.29 is 4.74 Å². The van der Waals surface area contributed by atoms with Crippen molar-refractivity contribution in [3.63, 3.8) is 0 Å². The van der Waals surface area contributed by atoms with Crippen molar-refractivity contribution >= 4 is 5.69 Å². The molecule has 0 heterocycles. The van der Waals surface area contributed by atoms with Gasteiger partial charge in [0.15, 0.2) is 0 Å². The Kier molecular flexibility index (Phi) is 6.48. The summed E-state index contributed by atoms with van der Waals surface area (Å²) < 4.78 is 5.87. The zero-order valence-corrected chi connectivity index (χ0v) is 14.7. The summed E-state index contributed by atoms with van der Waals surface area (Å²) in [7, 11) is 2.11. The average Bonchev–Trinajstić information content (AvgIpc) is 2.54. The highest BCUT2D eigenvalue weighted by molar-refractivity contribution is 5.59. The van der Waals surface area contributed by atoms with Crippen LogP contribution in [0.2, 0.25) is 0 Å². The number of hydrogen-bond donors (Lipinski definition) is 1. The second kappa shape index (κ2) is 8.59. The molecule has 0 fully saturated rings. The van der Waals surface area contributed by atoms with Crippen LogP contribution in [0.1, 0.15) is 31.9 Å². The normalized spacial score (nSPS) is 10.8. The van der Waals surface area contributed by atoms with E-state index >= 15 is 0 Å². The molecule has 3 nitrogen and oxygen atoms in total. The van der Waals surface area contributed by atoms with E-state index in [0.29, 0.717) is 12.6 Å². The first-order chi connectivity index (χ1) is 11.1. The molecule has 0 unspecified atom stereocenters. The second-order valence-corrected chi connectivity index (χ2v) is 6.11. The molecule has 0 saturated carbocycles. The van der Waals surface area contributed by atoms with Crippen molar-refractivity contribution in [1.29, 1.82) is 0 Å². The Morgan fingerprint density at radius 2 is 1.78 bits per heavy atom. The van der Waals surface area contributed by atoms with Gasteiger partial charge in [-0.2, -0.15) is 0 Å². The van der Waals surface area contributed by atoms with Crippen LogP contribution in [0.5, 0.6) is 5.75 Å². The highest BCUT2D eigenvalue weighted by Gasteiger charge is 2.10. The van der Waals surface area contributed by atoms with E-state index in [-0.39, 0.29) is 0 Å². The number of rotatable bonds is 8. The molecule has 0 saturated heterocycles. The predicted octanol–water partition coefficient (Wildman–Crippen LogP) is 4.22. The van der Waals surface area contributed by atoms with Gasteiger partial charge in [0.1, 0.15) is 5.75 Å². The monoisotopic (exact) mass is 312 g/mol. The fourth-order valence-electron chi connectivity index (χ4n) is 2.52. The number of hydrogen-bond acceptors (Lipinski definition) is 3. The molecular formula is C20H28N2O. The molecule has 3 heteroatoms. The van der Waals surface area contributed by atoms with E-state index in [4.69, 9.17) is 4.74 Å². The van der Waals surface area contributed by atoms with Gasteiger partial charge >= 0.3 is 0 Å². The third-order valence-electron chi connectivity index (χ3n) is 3.71.